The largest absolute Gasteiger partial charge is 0.459 e. The molecular formula is C16H16N6O5S. The van der Waals surface area contributed by atoms with Gasteiger partial charge in [0.05, 0.1) is 28.0 Å². The summed E-state index contributed by atoms with van der Waals surface area (Å²) in [5.41, 5.74) is 0.583. The highest BCUT2D eigenvalue weighted by Gasteiger charge is 2.61. The second-order valence-corrected chi connectivity index (χ2v) is 8.50. The second-order valence-electron chi connectivity index (χ2n) is 6.79. The quantitative estimate of drug-likeness (QED) is 0.296. The van der Waals surface area contributed by atoms with Gasteiger partial charge in [0.15, 0.2) is 6.33 Å². The number of benzene rings is 1. The summed E-state index contributed by atoms with van der Waals surface area (Å²) >= 11 is 1.53. The van der Waals surface area contributed by atoms with Gasteiger partial charge in [-0.2, -0.15) is 4.80 Å². The van der Waals surface area contributed by atoms with Crippen molar-refractivity contribution in [2.75, 3.05) is 0 Å². The van der Waals surface area contributed by atoms with Crippen molar-refractivity contribution in [2.24, 2.45) is 0 Å². The summed E-state index contributed by atoms with van der Waals surface area (Å²) in [5, 5.41) is 22.2. The number of tetrazole rings is 1. The number of esters is 1. The van der Waals surface area contributed by atoms with Crippen LogP contribution in [-0.2, 0) is 27.5 Å². The lowest BCUT2D eigenvalue weighted by molar-refractivity contribution is -0.384. The van der Waals surface area contributed by atoms with Crippen molar-refractivity contribution < 1.29 is 19.2 Å². The van der Waals surface area contributed by atoms with E-state index in [1.165, 1.54) is 47.2 Å². The van der Waals surface area contributed by atoms with E-state index >= 15 is 0 Å². The number of non-ortho nitro benzene ring substituents is 1. The zero-order chi connectivity index (χ0) is 19.9. The fraction of sp³-hybridized carbons (Fsp3) is 0.438. The first kappa shape index (κ1) is 18.3. The molecule has 12 heteroatoms. The van der Waals surface area contributed by atoms with Gasteiger partial charge in [-0.3, -0.25) is 14.9 Å². The molecule has 0 radical (unpaired) electrons. The summed E-state index contributed by atoms with van der Waals surface area (Å²) < 4.78 is 4.78. The fourth-order valence-electron chi connectivity index (χ4n) is 3.46. The van der Waals surface area contributed by atoms with Gasteiger partial charge in [0, 0.05) is 12.1 Å². The predicted molar refractivity (Wildman–Crippen MR) is 95.7 cm³/mol. The number of nitro benzene ring substituents is 1. The molecule has 1 aromatic carbocycles. The maximum Gasteiger partial charge on any atom is 0.330 e. The molecular weight excluding hydrogens is 388 g/mol. The highest BCUT2D eigenvalue weighted by atomic mass is 32.2. The van der Waals surface area contributed by atoms with Crippen molar-refractivity contribution in [3.05, 3.63) is 46.3 Å². The molecule has 0 unspecified atom stereocenters. The van der Waals surface area contributed by atoms with Crippen LogP contribution in [0.1, 0.15) is 18.9 Å². The first-order chi connectivity index (χ1) is 13.4. The van der Waals surface area contributed by atoms with Gasteiger partial charge in [0.1, 0.15) is 12.6 Å². The van der Waals surface area contributed by atoms with Crippen molar-refractivity contribution in [3.8, 4) is 0 Å². The number of β-lactam (4-membered cyclic amide) rings is 1. The molecule has 0 saturated carbocycles. The molecule has 2 aliphatic heterocycles. The Morgan fingerprint density at radius 3 is 2.79 bits per heavy atom. The van der Waals surface area contributed by atoms with E-state index in [4.69, 9.17) is 4.74 Å². The minimum atomic E-state index is -0.771. The Morgan fingerprint density at radius 1 is 1.43 bits per heavy atom. The number of hydrogen-bond donors (Lipinski definition) is 0. The van der Waals surface area contributed by atoms with E-state index in [0.29, 0.717) is 18.5 Å². The number of ether oxygens (including phenoxy) is 1. The predicted octanol–water partition coefficient (Wildman–Crippen LogP) is 0.757. The summed E-state index contributed by atoms with van der Waals surface area (Å²) in [6.07, 6.45) is 1.70. The van der Waals surface area contributed by atoms with Crippen LogP contribution >= 0.6 is 11.8 Å². The molecule has 3 heterocycles. The molecule has 11 nitrogen and oxygen atoms in total. The van der Waals surface area contributed by atoms with Crippen molar-refractivity contribution in [3.63, 3.8) is 0 Å². The third-order valence-electron chi connectivity index (χ3n) is 4.81. The maximum absolute atomic E-state index is 12.9. The van der Waals surface area contributed by atoms with Gasteiger partial charge in [0.25, 0.3) is 5.69 Å². The molecule has 2 aromatic rings. The number of carbonyl (C=O) groups is 2. The molecule has 0 spiro atoms. The first-order valence-corrected chi connectivity index (χ1v) is 9.35. The Balaban J connectivity index is 1.48. The van der Waals surface area contributed by atoms with Crippen molar-refractivity contribution in [1.82, 2.24) is 25.1 Å². The Hall–Kier alpha value is -3.02. The summed E-state index contributed by atoms with van der Waals surface area (Å²) in [6.45, 7) is 2.14. The lowest BCUT2D eigenvalue weighted by Gasteiger charge is -2.37. The minimum Gasteiger partial charge on any atom is -0.459 e. The monoisotopic (exact) mass is 404 g/mol. The Morgan fingerprint density at radius 2 is 2.18 bits per heavy atom. The number of nitro groups is 1. The van der Waals surface area contributed by atoms with Crippen molar-refractivity contribution in [2.45, 2.75) is 42.7 Å². The number of thioether (sulfide) groups is 1. The van der Waals surface area contributed by atoms with Crippen LogP contribution < -0.4 is 0 Å². The van der Waals surface area contributed by atoms with E-state index in [-0.39, 0.29) is 23.6 Å². The number of aromatic nitrogens is 4. The van der Waals surface area contributed by atoms with Crippen molar-refractivity contribution >= 4 is 29.3 Å². The van der Waals surface area contributed by atoms with Crippen LogP contribution in [0.25, 0.3) is 0 Å². The van der Waals surface area contributed by atoms with E-state index in [1.54, 1.807) is 4.90 Å². The van der Waals surface area contributed by atoms with Crippen LogP contribution in [0.4, 0.5) is 5.69 Å². The molecule has 0 aliphatic carbocycles. The van der Waals surface area contributed by atoms with Crippen LogP contribution in [0.3, 0.4) is 0 Å². The van der Waals surface area contributed by atoms with E-state index in [2.05, 4.69) is 15.4 Å². The van der Waals surface area contributed by atoms with Crippen LogP contribution in [0, 0.1) is 10.1 Å². The van der Waals surface area contributed by atoms with Gasteiger partial charge in [-0.15, -0.1) is 22.0 Å². The fourth-order valence-corrected chi connectivity index (χ4v) is 5.18. The Labute approximate surface area is 163 Å². The molecule has 2 saturated heterocycles. The van der Waals surface area contributed by atoms with Gasteiger partial charge in [-0.1, -0.05) is 0 Å². The molecule has 1 amide bonds. The molecule has 3 atom stereocenters. The molecule has 0 N–H and O–H groups in total. The van der Waals surface area contributed by atoms with Crippen LogP contribution in [0.5, 0.6) is 0 Å². The van der Waals surface area contributed by atoms with Gasteiger partial charge < -0.3 is 9.64 Å². The number of hydrogen-bond acceptors (Lipinski definition) is 9. The lowest BCUT2D eigenvalue weighted by atomic mass is 9.96. The van der Waals surface area contributed by atoms with Crippen LogP contribution in [0.15, 0.2) is 30.6 Å². The Kier molecular flexibility index (Phi) is 4.49. The molecule has 0 bridgehead atoms. The van der Waals surface area contributed by atoms with Crippen molar-refractivity contribution in [1.29, 1.82) is 0 Å². The van der Waals surface area contributed by atoms with Gasteiger partial charge in [-0.25, -0.2) is 4.79 Å². The number of amides is 1. The summed E-state index contributed by atoms with van der Waals surface area (Å²) in [5.74, 6) is -0.617. The zero-order valence-corrected chi connectivity index (χ0v) is 15.6. The molecule has 28 heavy (non-hydrogen) atoms. The summed E-state index contributed by atoms with van der Waals surface area (Å²) in [6, 6.07) is 5.00. The average molecular weight is 404 g/mol. The first-order valence-electron chi connectivity index (χ1n) is 8.47. The highest BCUT2D eigenvalue weighted by Crippen LogP contribution is 2.51. The van der Waals surface area contributed by atoms with Crippen LogP contribution in [-0.4, -0.2) is 58.1 Å². The number of fused-ring (bicyclic) bond motifs is 1. The molecule has 2 aliphatic rings. The minimum absolute atomic E-state index is 0.0378. The van der Waals surface area contributed by atoms with E-state index in [1.807, 2.05) is 6.92 Å². The maximum atomic E-state index is 12.9. The summed E-state index contributed by atoms with van der Waals surface area (Å²) in [7, 11) is 0. The molecule has 146 valence electrons. The second kappa shape index (κ2) is 6.86. The summed E-state index contributed by atoms with van der Waals surface area (Å²) in [4.78, 5) is 38.1. The topological polar surface area (TPSA) is 133 Å². The standard InChI is InChI=1S/C16H16N6O5S/c1-16(8-20-18-9-17-19-20)14(21-12(23)6-13(21)28-16)15(24)27-7-10-2-4-11(5-3-10)22(25)26/h2-5,9,13-14H,6-8H2,1H3/t13-,14-,16-/m0/s1. The SMILES string of the molecule is C[C@@]1(Cn2ncnn2)S[C@H]2CC(=O)N2[C@H]1C(=O)OCc1ccc([N+](=O)[O-])cc1. The molecule has 2 fully saturated rings. The normalized spacial score (nSPS) is 25.9. The third-order valence-corrected chi connectivity index (χ3v) is 6.36. The average Bonchev–Trinajstić information content (AvgIpc) is 3.24. The Bertz CT molecular complexity index is 920. The van der Waals surface area contributed by atoms with Gasteiger partial charge in [-0.05, 0) is 29.8 Å². The zero-order valence-electron chi connectivity index (χ0n) is 14.8. The van der Waals surface area contributed by atoms with E-state index in [0.717, 1.165) is 0 Å². The van der Waals surface area contributed by atoms with E-state index < -0.39 is 21.7 Å². The number of rotatable bonds is 6. The van der Waals surface area contributed by atoms with Gasteiger partial charge in [0.2, 0.25) is 5.91 Å². The number of nitrogens with zero attached hydrogens (tertiary/aromatic N) is 6. The van der Waals surface area contributed by atoms with E-state index in [9.17, 15) is 19.7 Å². The smallest absolute Gasteiger partial charge is 0.330 e. The molecule has 1 aromatic heterocycles. The van der Waals surface area contributed by atoms with Crippen LogP contribution in [0.2, 0.25) is 0 Å². The highest BCUT2D eigenvalue weighted by molar-refractivity contribution is 8.01. The van der Waals surface area contributed by atoms with Gasteiger partial charge >= 0.3 is 5.97 Å². The molecule has 4 rings (SSSR count). The number of carbonyl (C=O) groups excluding carboxylic acids is 2. The third kappa shape index (κ3) is 3.19. The lowest BCUT2D eigenvalue weighted by Crippen LogP contribution is -2.58.